The van der Waals surface area contributed by atoms with Crippen molar-refractivity contribution < 1.29 is 9.53 Å². The fourth-order valence-corrected chi connectivity index (χ4v) is 5.76. The number of benzene rings is 3. The zero-order chi connectivity index (χ0) is 28.2. The van der Waals surface area contributed by atoms with Crippen LogP contribution in [0.2, 0.25) is 0 Å². The van der Waals surface area contributed by atoms with E-state index in [1.807, 2.05) is 45.3 Å². The van der Waals surface area contributed by atoms with Gasteiger partial charge in [-0.3, -0.25) is 0 Å². The van der Waals surface area contributed by atoms with Crippen LogP contribution in [0.25, 0.3) is 0 Å². The van der Waals surface area contributed by atoms with Gasteiger partial charge < -0.3 is 14.6 Å². The normalized spacial score (nSPS) is 18.5. The summed E-state index contributed by atoms with van der Waals surface area (Å²) < 4.78 is 7.49. The fourth-order valence-electron chi connectivity index (χ4n) is 5.76. The monoisotopic (exact) mass is 532 g/mol. The first-order valence-corrected chi connectivity index (χ1v) is 13.9. The van der Waals surface area contributed by atoms with Crippen LogP contribution < -0.4 is 5.32 Å². The Morgan fingerprint density at radius 2 is 1.50 bits per heavy atom. The molecule has 3 aromatic carbocycles. The predicted molar refractivity (Wildman–Crippen MR) is 156 cm³/mol. The number of nitrogens with one attached hydrogen (secondary N) is 1. The number of alkyl carbamates (subject to hydrolysis) is 1. The second-order valence-corrected chi connectivity index (χ2v) is 11.5. The van der Waals surface area contributed by atoms with Crippen LogP contribution in [0.3, 0.4) is 0 Å². The van der Waals surface area contributed by atoms with Crippen LogP contribution in [-0.4, -0.2) is 27.8 Å². The molecule has 0 saturated heterocycles. The summed E-state index contributed by atoms with van der Waals surface area (Å²) in [6, 6.07) is 34.0. The van der Waals surface area contributed by atoms with Gasteiger partial charge in [-0.2, -0.15) is 5.26 Å². The van der Waals surface area contributed by atoms with Crippen molar-refractivity contribution in [3.8, 4) is 6.07 Å². The highest BCUT2D eigenvalue weighted by atomic mass is 16.6. The molecule has 1 aliphatic rings. The molecule has 4 aromatic rings. The molecule has 0 unspecified atom stereocenters. The predicted octanol–water partition coefficient (Wildman–Crippen LogP) is 6.81. The lowest BCUT2D eigenvalue weighted by atomic mass is 9.76. The van der Waals surface area contributed by atoms with Gasteiger partial charge in [0.2, 0.25) is 0 Å². The molecule has 40 heavy (non-hydrogen) atoms. The van der Waals surface area contributed by atoms with Gasteiger partial charge in [0.25, 0.3) is 0 Å². The van der Waals surface area contributed by atoms with Crippen LogP contribution in [0.15, 0.2) is 104 Å². The second kappa shape index (κ2) is 11.0. The number of imidazole rings is 1. The van der Waals surface area contributed by atoms with Gasteiger partial charge in [0.15, 0.2) is 0 Å². The molecule has 6 heteroatoms. The van der Waals surface area contributed by atoms with E-state index in [9.17, 15) is 10.1 Å². The van der Waals surface area contributed by atoms with Gasteiger partial charge in [-0.15, -0.1) is 0 Å². The molecular formula is C34H36N4O2. The summed E-state index contributed by atoms with van der Waals surface area (Å²) in [5.74, 6) is 0.195. The first-order valence-electron chi connectivity index (χ1n) is 13.9. The number of hydrogen-bond donors (Lipinski definition) is 1. The SMILES string of the molecule is CC(C)(C)OC(=O)NCCC[C@@H]1C[C@@]1(C#N)c1cn(C(c2ccccc2)(c2ccccc2)c2ccccc2)cn1. The molecule has 5 rings (SSSR count). The van der Waals surface area contributed by atoms with E-state index in [-0.39, 0.29) is 5.92 Å². The van der Waals surface area contributed by atoms with Crippen LogP contribution in [0.1, 0.15) is 62.4 Å². The maximum atomic E-state index is 12.0. The molecule has 204 valence electrons. The smallest absolute Gasteiger partial charge is 0.407 e. The standard InChI is InChI=1S/C34H36N4O2/c1-32(2,3)40-31(39)36-21-13-20-29-22-33(29,24-35)30-23-38(25-37-30)34(26-14-7-4-8-15-26,27-16-9-5-10-17-27)28-18-11-6-12-19-28/h4-12,14-19,23,25,29H,13,20-22H2,1-3H3,(H,36,39)/t29-,33+/m1/s1. The summed E-state index contributed by atoms with van der Waals surface area (Å²) in [6.07, 6.45) is 5.90. The van der Waals surface area contributed by atoms with E-state index in [0.29, 0.717) is 6.54 Å². The van der Waals surface area contributed by atoms with Gasteiger partial charge in [0.1, 0.15) is 16.6 Å². The van der Waals surface area contributed by atoms with Crippen molar-refractivity contribution >= 4 is 6.09 Å². The Hall–Kier alpha value is -4.37. The number of aromatic nitrogens is 2. The molecule has 1 aromatic heterocycles. The van der Waals surface area contributed by atoms with Gasteiger partial charge in [0, 0.05) is 12.7 Å². The molecule has 1 aliphatic carbocycles. The Morgan fingerprint density at radius 3 is 1.98 bits per heavy atom. The van der Waals surface area contributed by atoms with E-state index in [2.05, 4.69) is 94.9 Å². The summed E-state index contributed by atoms with van der Waals surface area (Å²) in [5.41, 5.74) is 2.34. The average molecular weight is 533 g/mol. The van der Waals surface area contributed by atoms with Gasteiger partial charge >= 0.3 is 6.09 Å². The molecule has 1 N–H and O–H groups in total. The molecule has 2 atom stereocenters. The Balaban J connectivity index is 1.44. The minimum atomic E-state index is -0.659. The third-order valence-electron chi connectivity index (χ3n) is 7.70. The lowest BCUT2D eigenvalue weighted by molar-refractivity contribution is 0.0526. The average Bonchev–Trinajstić information content (AvgIpc) is 3.46. The summed E-state index contributed by atoms with van der Waals surface area (Å²) in [6.45, 7) is 6.05. The van der Waals surface area contributed by atoms with Crippen molar-refractivity contribution in [1.29, 1.82) is 5.26 Å². The summed E-state index contributed by atoms with van der Waals surface area (Å²) in [4.78, 5) is 16.8. The van der Waals surface area contributed by atoms with Crippen LogP contribution in [-0.2, 0) is 15.7 Å². The van der Waals surface area contributed by atoms with Crippen molar-refractivity contribution in [2.24, 2.45) is 5.92 Å². The fraction of sp³-hybridized carbons (Fsp3) is 0.324. The third kappa shape index (κ3) is 5.24. The van der Waals surface area contributed by atoms with Crippen molar-refractivity contribution in [2.75, 3.05) is 6.54 Å². The van der Waals surface area contributed by atoms with Gasteiger partial charge in [-0.05, 0) is 62.6 Å². The number of hydrogen-bond acceptors (Lipinski definition) is 4. The number of nitrogens with zero attached hydrogens (tertiary/aromatic N) is 3. The number of carbonyl (C=O) groups is 1. The highest BCUT2D eigenvalue weighted by molar-refractivity contribution is 5.67. The Morgan fingerprint density at radius 1 is 0.975 bits per heavy atom. The lowest BCUT2D eigenvalue weighted by Crippen LogP contribution is -2.37. The second-order valence-electron chi connectivity index (χ2n) is 11.5. The molecule has 6 nitrogen and oxygen atoms in total. The molecule has 1 fully saturated rings. The topological polar surface area (TPSA) is 79.9 Å². The lowest BCUT2D eigenvalue weighted by Gasteiger charge is -2.37. The summed E-state index contributed by atoms with van der Waals surface area (Å²) in [7, 11) is 0. The quantitative estimate of drug-likeness (QED) is 0.190. The van der Waals surface area contributed by atoms with E-state index >= 15 is 0 Å². The minimum Gasteiger partial charge on any atom is -0.444 e. The van der Waals surface area contributed by atoms with Crippen molar-refractivity contribution in [2.45, 2.75) is 56.6 Å². The molecule has 0 radical (unpaired) electrons. The summed E-state index contributed by atoms with van der Waals surface area (Å²) >= 11 is 0. The molecular weight excluding hydrogens is 496 g/mol. The third-order valence-corrected chi connectivity index (χ3v) is 7.70. The Bertz CT molecular complexity index is 1370. The molecule has 1 amide bonds. The highest BCUT2D eigenvalue weighted by Crippen LogP contribution is 2.56. The van der Waals surface area contributed by atoms with E-state index < -0.39 is 22.6 Å². The largest absolute Gasteiger partial charge is 0.444 e. The van der Waals surface area contributed by atoms with Crippen molar-refractivity contribution in [3.05, 3.63) is 126 Å². The van der Waals surface area contributed by atoms with E-state index in [1.165, 1.54) is 0 Å². The summed E-state index contributed by atoms with van der Waals surface area (Å²) in [5, 5.41) is 13.1. The van der Waals surface area contributed by atoms with Crippen LogP contribution >= 0.6 is 0 Å². The van der Waals surface area contributed by atoms with E-state index in [4.69, 9.17) is 9.72 Å². The maximum absolute atomic E-state index is 12.0. The first-order chi connectivity index (χ1) is 19.3. The van der Waals surface area contributed by atoms with Crippen LogP contribution in [0.5, 0.6) is 0 Å². The zero-order valence-electron chi connectivity index (χ0n) is 23.4. The molecule has 1 heterocycles. The first kappa shape index (κ1) is 27.2. The van der Waals surface area contributed by atoms with Gasteiger partial charge in [-0.1, -0.05) is 91.0 Å². The molecule has 0 spiro atoms. The number of nitriles is 1. The number of rotatable bonds is 9. The zero-order valence-corrected chi connectivity index (χ0v) is 23.4. The number of amides is 1. The molecule has 0 aliphatic heterocycles. The van der Waals surface area contributed by atoms with Gasteiger partial charge in [0.05, 0.1) is 18.1 Å². The molecule has 1 saturated carbocycles. The van der Waals surface area contributed by atoms with Crippen LogP contribution in [0.4, 0.5) is 4.79 Å². The maximum Gasteiger partial charge on any atom is 0.407 e. The van der Waals surface area contributed by atoms with Gasteiger partial charge in [-0.25, -0.2) is 9.78 Å². The Labute approximate surface area is 236 Å². The number of ether oxygens (including phenoxy) is 1. The van der Waals surface area contributed by atoms with E-state index in [1.54, 1.807) is 0 Å². The van der Waals surface area contributed by atoms with Crippen molar-refractivity contribution in [1.82, 2.24) is 14.9 Å². The molecule has 0 bridgehead atoms. The van der Waals surface area contributed by atoms with Crippen molar-refractivity contribution in [3.63, 3.8) is 0 Å². The highest BCUT2D eigenvalue weighted by Gasteiger charge is 2.57. The minimum absolute atomic E-state index is 0.195. The van der Waals surface area contributed by atoms with Crippen LogP contribution in [0, 0.1) is 17.2 Å². The number of carbonyl (C=O) groups excluding carboxylic acids is 1. The van der Waals surface area contributed by atoms with E-state index in [0.717, 1.165) is 41.6 Å². The Kier molecular flexibility index (Phi) is 7.49.